The van der Waals surface area contributed by atoms with Crippen LogP contribution in [-0.2, 0) is 0 Å². The molecule has 0 aliphatic carbocycles. The molecule has 0 radical (unpaired) electrons. The molecule has 0 saturated carbocycles. The Kier molecular flexibility index (Phi) is 3.94. The van der Waals surface area contributed by atoms with E-state index in [9.17, 15) is 0 Å². The van der Waals surface area contributed by atoms with Crippen molar-refractivity contribution in [3.05, 3.63) is 54.4 Å². The number of hydrogen-bond donors (Lipinski definition) is 1. The summed E-state index contributed by atoms with van der Waals surface area (Å²) >= 11 is 0. The summed E-state index contributed by atoms with van der Waals surface area (Å²) in [7, 11) is 0. The molecule has 1 aromatic heterocycles. The predicted molar refractivity (Wildman–Crippen MR) is 88.1 cm³/mol. The van der Waals surface area contributed by atoms with Crippen LogP contribution in [0.25, 0.3) is 11.0 Å². The summed E-state index contributed by atoms with van der Waals surface area (Å²) in [6.45, 7) is 2.65. The molecule has 0 saturated heterocycles. The molecule has 2 heterocycles. The summed E-state index contributed by atoms with van der Waals surface area (Å²) in [4.78, 5) is 8.02. The van der Waals surface area contributed by atoms with E-state index in [-0.39, 0.29) is 24.4 Å². The Morgan fingerprint density at radius 2 is 1.82 bits per heavy atom. The van der Waals surface area contributed by atoms with Crippen LogP contribution in [0.3, 0.4) is 0 Å². The minimum atomic E-state index is -0.0412. The number of ether oxygens (including phenoxy) is 2. The summed E-state index contributed by atoms with van der Waals surface area (Å²) in [5.74, 6) is 2.68. The molecule has 114 valence electrons. The highest BCUT2D eigenvalue weighted by Crippen LogP contribution is 2.34. The number of para-hydroxylation sites is 4. The van der Waals surface area contributed by atoms with Crippen molar-refractivity contribution in [2.45, 2.75) is 18.9 Å². The molecule has 0 amide bonds. The number of benzene rings is 2. The van der Waals surface area contributed by atoms with Crippen molar-refractivity contribution in [1.82, 2.24) is 9.97 Å². The predicted octanol–water partition coefficient (Wildman–Crippen LogP) is 3.93. The smallest absolute Gasteiger partial charge is 0.161 e. The second-order valence-corrected chi connectivity index (χ2v) is 5.34. The number of hydrogen-bond acceptors (Lipinski definition) is 3. The first-order valence-corrected chi connectivity index (χ1v) is 7.14. The number of nitrogens with zero attached hydrogens (tertiary/aromatic N) is 1. The molecule has 0 fully saturated rings. The van der Waals surface area contributed by atoms with E-state index in [2.05, 4.69) is 16.9 Å². The van der Waals surface area contributed by atoms with E-state index in [0.29, 0.717) is 6.61 Å². The molecule has 4 nitrogen and oxygen atoms in total. The third kappa shape index (κ3) is 2.50. The minimum Gasteiger partial charge on any atom is -0.486 e. The molecule has 22 heavy (non-hydrogen) atoms. The fraction of sp³-hybridized carbons (Fsp3) is 0.235. The van der Waals surface area contributed by atoms with Gasteiger partial charge in [-0.05, 0) is 24.3 Å². The van der Waals surface area contributed by atoms with Crippen molar-refractivity contribution in [3.63, 3.8) is 0 Å². The quantitative estimate of drug-likeness (QED) is 0.779. The Balaban J connectivity index is 0.00000144. The van der Waals surface area contributed by atoms with Crippen LogP contribution in [-0.4, -0.2) is 22.7 Å². The van der Waals surface area contributed by atoms with Crippen LogP contribution >= 0.6 is 12.4 Å². The molecule has 1 aliphatic rings. The highest BCUT2D eigenvalue weighted by atomic mass is 35.5. The highest BCUT2D eigenvalue weighted by Gasteiger charge is 2.28. The van der Waals surface area contributed by atoms with Crippen molar-refractivity contribution in [2.24, 2.45) is 0 Å². The van der Waals surface area contributed by atoms with E-state index in [0.717, 1.165) is 28.4 Å². The molecule has 2 aromatic carbocycles. The highest BCUT2D eigenvalue weighted by molar-refractivity contribution is 5.85. The third-order valence-corrected chi connectivity index (χ3v) is 3.93. The van der Waals surface area contributed by atoms with E-state index in [1.807, 2.05) is 48.5 Å². The lowest BCUT2D eigenvalue weighted by molar-refractivity contribution is 0.0732. The SMILES string of the molecule is CC(c1nc2ccccc2[nH]1)C1COc2ccccc2O1.Cl. The topological polar surface area (TPSA) is 47.1 Å². The molecule has 4 rings (SSSR count). The first-order chi connectivity index (χ1) is 10.3. The second kappa shape index (κ2) is 5.89. The molecule has 1 aliphatic heterocycles. The van der Waals surface area contributed by atoms with E-state index >= 15 is 0 Å². The molecular formula is C17H17ClN2O2. The number of halogens is 1. The van der Waals surface area contributed by atoms with Gasteiger partial charge in [-0.1, -0.05) is 31.2 Å². The molecule has 0 bridgehead atoms. The van der Waals surface area contributed by atoms with Gasteiger partial charge in [0.25, 0.3) is 0 Å². The molecule has 2 unspecified atom stereocenters. The number of rotatable bonds is 2. The van der Waals surface area contributed by atoms with Crippen molar-refractivity contribution < 1.29 is 9.47 Å². The van der Waals surface area contributed by atoms with Gasteiger partial charge >= 0.3 is 0 Å². The zero-order valence-corrected chi connectivity index (χ0v) is 13.0. The van der Waals surface area contributed by atoms with Gasteiger partial charge in [-0.25, -0.2) is 4.98 Å². The number of fused-ring (bicyclic) bond motifs is 2. The lowest BCUT2D eigenvalue weighted by Gasteiger charge is -2.29. The molecule has 1 N–H and O–H groups in total. The first-order valence-electron chi connectivity index (χ1n) is 7.14. The maximum absolute atomic E-state index is 6.06. The van der Waals surface area contributed by atoms with Crippen molar-refractivity contribution in [1.29, 1.82) is 0 Å². The molecular weight excluding hydrogens is 300 g/mol. The zero-order valence-electron chi connectivity index (χ0n) is 12.2. The summed E-state index contributed by atoms with van der Waals surface area (Å²) in [6, 6.07) is 15.8. The molecule has 3 aromatic rings. The van der Waals surface area contributed by atoms with Gasteiger partial charge in [0.1, 0.15) is 18.5 Å². The Labute approximate surface area is 134 Å². The zero-order chi connectivity index (χ0) is 14.2. The van der Waals surface area contributed by atoms with Crippen LogP contribution in [0.2, 0.25) is 0 Å². The average Bonchev–Trinajstić information content (AvgIpc) is 2.97. The average molecular weight is 317 g/mol. The number of aromatic nitrogens is 2. The van der Waals surface area contributed by atoms with Gasteiger partial charge in [0, 0.05) is 0 Å². The minimum absolute atomic E-state index is 0. The number of nitrogens with one attached hydrogen (secondary N) is 1. The Bertz CT molecular complexity index is 754. The third-order valence-electron chi connectivity index (χ3n) is 3.93. The van der Waals surface area contributed by atoms with E-state index in [1.54, 1.807) is 0 Å². The summed E-state index contributed by atoms with van der Waals surface area (Å²) < 4.78 is 11.8. The van der Waals surface area contributed by atoms with E-state index in [4.69, 9.17) is 9.47 Å². The van der Waals surface area contributed by atoms with E-state index < -0.39 is 0 Å². The van der Waals surface area contributed by atoms with Gasteiger partial charge in [0.05, 0.1) is 17.0 Å². The number of H-pyrrole nitrogens is 1. The van der Waals surface area contributed by atoms with Crippen LogP contribution < -0.4 is 9.47 Å². The fourth-order valence-corrected chi connectivity index (χ4v) is 2.65. The van der Waals surface area contributed by atoms with Crippen molar-refractivity contribution >= 4 is 23.4 Å². The van der Waals surface area contributed by atoms with Gasteiger partial charge in [-0.3, -0.25) is 0 Å². The lowest BCUT2D eigenvalue weighted by Crippen LogP contribution is -2.34. The van der Waals surface area contributed by atoms with Crippen LogP contribution in [0, 0.1) is 0 Å². The van der Waals surface area contributed by atoms with Gasteiger partial charge in [-0.15, -0.1) is 12.4 Å². The van der Waals surface area contributed by atoms with Gasteiger partial charge in [-0.2, -0.15) is 0 Å². The molecule has 5 heteroatoms. The number of aromatic amines is 1. The van der Waals surface area contributed by atoms with Crippen molar-refractivity contribution in [3.8, 4) is 11.5 Å². The fourth-order valence-electron chi connectivity index (χ4n) is 2.65. The van der Waals surface area contributed by atoms with Crippen molar-refractivity contribution in [2.75, 3.05) is 6.61 Å². The Hall–Kier alpha value is -2.20. The Morgan fingerprint density at radius 1 is 1.09 bits per heavy atom. The molecule has 2 atom stereocenters. The first kappa shape index (κ1) is 14.7. The lowest BCUT2D eigenvalue weighted by atomic mass is 10.0. The number of imidazole rings is 1. The van der Waals surface area contributed by atoms with Gasteiger partial charge in [0.15, 0.2) is 11.5 Å². The summed E-state index contributed by atoms with van der Waals surface area (Å²) in [5.41, 5.74) is 2.04. The van der Waals surface area contributed by atoms with Gasteiger partial charge in [0.2, 0.25) is 0 Å². The van der Waals surface area contributed by atoms with Crippen LogP contribution in [0.15, 0.2) is 48.5 Å². The van der Waals surface area contributed by atoms with Crippen LogP contribution in [0.5, 0.6) is 11.5 Å². The normalized spacial score (nSPS) is 17.8. The maximum Gasteiger partial charge on any atom is 0.161 e. The van der Waals surface area contributed by atoms with E-state index in [1.165, 1.54) is 0 Å². The second-order valence-electron chi connectivity index (χ2n) is 5.34. The standard InChI is InChI=1S/C17H16N2O2.ClH/c1-11(17-18-12-6-2-3-7-13(12)19-17)16-10-20-14-8-4-5-9-15(14)21-16;/h2-9,11,16H,10H2,1H3,(H,18,19);1H. The maximum atomic E-state index is 6.06. The largest absolute Gasteiger partial charge is 0.486 e. The monoisotopic (exact) mass is 316 g/mol. The van der Waals surface area contributed by atoms with Crippen LogP contribution in [0.1, 0.15) is 18.7 Å². The Morgan fingerprint density at radius 3 is 2.64 bits per heavy atom. The van der Waals surface area contributed by atoms with Gasteiger partial charge < -0.3 is 14.5 Å². The summed E-state index contributed by atoms with van der Waals surface area (Å²) in [5, 5.41) is 0. The molecule has 0 spiro atoms. The summed E-state index contributed by atoms with van der Waals surface area (Å²) in [6.07, 6.45) is -0.0412. The van der Waals surface area contributed by atoms with Crippen LogP contribution in [0.4, 0.5) is 0 Å².